The number of nitrogens with one attached hydrogen (secondary N) is 1. The second kappa shape index (κ2) is 8.89. The molecule has 1 fully saturated rings. The maximum atomic E-state index is 12.4. The minimum Gasteiger partial charge on any atom is -0.496 e. The van der Waals surface area contributed by atoms with Crippen molar-refractivity contribution in [3.63, 3.8) is 0 Å². The van der Waals surface area contributed by atoms with E-state index in [1.807, 2.05) is 13.0 Å². The number of benzene rings is 2. The number of nitro benzene ring substituents is 1. The summed E-state index contributed by atoms with van der Waals surface area (Å²) in [5.41, 5.74) is 1.84. The van der Waals surface area contributed by atoms with Gasteiger partial charge in [-0.05, 0) is 54.6 Å². The Morgan fingerprint density at radius 2 is 2.06 bits per heavy atom. The molecule has 0 bridgehead atoms. The van der Waals surface area contributed by atoms with E-state index in [4.69, 9.17) is 20.8 Å². The standard InChI is InChI=1S/C22H16ClN3O5S/c1-12-16(23)4-3-5-17(12)24-22-25-21(27)20(32-22)11-14-7-9-19(31-14)15-10-13(26(28)29)6-8-18(15)30-2/h3-11H,1-2H3,(H,24,25,27)/b20-11+. The number of carbonyl (C=O) groups is 1. The van der Waals surface area contributed by atoms with E-state index in [1.165, 1.54) is 37.1 Å². The summed E-state index contributed by atoms with van der Waals surface area (Å²) in [4.78, 5) is 27.9. The van der Waals surface area contributed by atoms with Crippen molar-refractivity contribution in [2.75, 3.05) is 7.11 Å². The number of amides is 1. The number of rotatable bonds is 5. The Kier molecular flexibility index (Phi) is 6.02. The fourth-order valence-electron chi connectivity index (χ4n) is 3.01. The second-order valence-corrected chi connectivity index (χ2v) is 8.15. The number of hydrogen-bond donors (Lipinski definition) is 1. The van der Waals surface area contributed by atoms with Crippen molar-refractivity contribution in [2.45, 2.75) is 6.92 Å². The van der Waals surface area contributed by atoms with Crippen LogP contribution in [0.15, 0.2) is 62.8 Å². The molecule has 162 valence electrons. The smallest absolute Gasteiger partial charge is 0.270 e. The van der Waals surface area contributed by atoms with Gasteiger partial charge in [-0.3, -0.25) is 14.9 Å². The number of aliphatic imine (C=N–C) groups is 1. The van der Waals surface area contributed by atoms with Crippen molar-refractivity contribution < 1.29 is 18.9 Å². The van der Waals surface area contributed by atoms with E-state index < -0.39 is 4.92 Å². The first kappa shape index (κ1) is 21.7. The fraction of sp³-hybridized carbons (Fsp3) is 0.0909. The van der Waals surface area contributed by atoms with Crippen molar-refractivity contribution in [1.29, 1.82) is 0 Å². The third kappa shape index (κ3) is 4.39. The highest BCUT2D eigenvalue weighted by molar-refractivity contribution is 8.18. The average Bonchev–Trinajstić information content (AvgIpc) is 3.37. The van der Waals surface area contributed by atoms with E-state index in [2.05, 4.69) is 10.3 Å². The minimum absolute atomic E-state index is 0.0833. The number of nitrogens with zero attached hydrogens (tertiary/aromatic N) is 2. The molecule has 0 unspecified atom stereocenters. The highest BCUT2D eigenvalue weighted by Gasteiger charge is 2.25. The molecule has 2 aromatic carbocycles. The van der Waals surface area contributed by atoms with Crippen molar-refractivity contribution in [3.05, 3.63) is 79.9 Å². The number of thioether (sulfide) groups is 1. The summed E-state index contributed by atoms with van der Waals surface area (Å²) < 4.78 is 11.1. The number of halogens is 1. The molecule has 0 saturated carbocycles. The summed E-state index contributed by atoms with van der Waals surface area (Å²) >= 11 is 7.31. The van der Waals surface area contributed by atoms with Crippen LogP contribution in [0.5, 0.6) is 5.75 Å². The Hall–Kier alpha value is -3.56. The molecule has 2 heterocycles. The van der Waals surface area contributed by atoms with E-state index >= 15 is 0 Å². The van der Waals surface area contributed by atoms with Gasteiger partial charge in [0, 0.05) is 23.2 Å². The Labute approximate surface area is 192 Å². The normalized spacial score (nSPS) is 15.9. The molecule has 0 radical (unpaired) electrons. The molecule has 1 N–H and O–H groups in total. The van der Waals surface area contributed by atoms with Gasteiger partial charge in [-0.1, -0.05) is 17.7 Å². The summed E-state index contributed by atoms with van der Waals surface area (Å²) in [5, 5.41) is 14.9. The van der Waals surface area contributed by atoms with Gasteiger partial charge in [0.15, 0.2) is 5.17 Å². The number of carbonyl (C=O) groups excluding carboxylic acids is 1. The van der Waals surface area contributed by atoms with Gasteiger partial charge in [-0.25, -0.2) is 4.99 Å². The number of furan rings is 1. The van der Waals surface area contributed by atoms with Gasteiger partial charge in [-0.15, -0.1) is 0 Å². The molecule has 0 spiro atoms. The first-order chi connectivity index (χ1) is 15.4. The van der Waals surface area contributed by atoms with E-state index in [0.717, 1.165) is 5.56 Å². The van der Waals surface area contributed by atoms with Gasteiger partial charge < -0.3 is 14.5 Å². The van der Waals surface area contributed by atoms with Crippen LogP contribution in [-0.2, 0) is 4.79 Å². The molecule has 10 heteroatoms. The number of non-ortho nitro benzene ring substituents is 1. The lowest BCUT2D eigenvalue weighted by Gasteiger charge is -2.05. The summed E-state index contributed by atoms with van der Waals surface area (Å²) in [6.07, 6.45) is 1.58. The number of nitro groups is 1. The van der Waals surface area contributed by atoms with Crippen molar-refractivity contribution in [1.82, 2.24) is 5.32 Å². The van der Waals surface area contributed by atoms with Crippen molar-refractivity contribution >= 4 is 51.9 Å². The van der Waals surface area contributed by atoms with Crippen molar-refractivity contribution in [3.8, 4) is 17.1 Å². The van der Waals surface area contributed by atoms with Gasteiger partial charge in [0.25, 0.3) is 11.6 Å². The summed E-state index contributed by atoms with van der Waals surface area (Å²) in [7, 11) is 1.47. The molecule has 1 aliphatic heterocycles. The lowest BCUT2D eigenvalue weighted by Crippen LogP contribution is -2.19. The summed E-state index contributed by atoms with van der Waals surface area (Å²) in [6.45, 7) is 1.85. The number of methoxy groups -OCH3 is 1. The summed E-state index contributed by atoms with van der Waals surface area (Å²) in [5.74, 6) is 0.915. The Bertz CT molecular complexity index is 1300. The zero-order valence-corrected chi connectivity index (χ0v) is 18.5. The monoisotopic (exact) mass is 469 g/mol. The van der Waals surface area contributed by atoms with E-state index in [0.29, 0.717) is 43.6 Å². The molecular formula is C22H16ClN3O5S. The van der Waals surface area contributed by atoms with Crippen LogP contribution < -0.4 is 10.1 Å². The highest BCUT2D eigenvalue weighted by Crippen LogP contribution is 2.36. The molecule has 4 rings (SSSR count). The topological polar surface area (TPSA) is 107 Å². The number of ether oxygens (including phenoxy) is 1. The Morgan fingerprint density at radius 3 is 2.81 bits per heavy atom. The van der Waals surface area contributed by atoms with Gasteiger partial charge in [-0.2, -0.15) is 0 Å². The quantitative estimate of drug-likeness (QED) is 0.291. The Morgan fingerprint density at radius 1 is 1.25 bits per heavy atom. The molecular weight excluding hydrogens is 454 g/mol. The summed E-state index contributed by atoms with van der Waals surface area (Å²) in [6, 6.07) is 13.0. The highest BCUT2D eigenvalue weighted by atomic mass is 35.5. The van der Waals surface area contributed by atoms with Crippen molar-refractivity contribution in [2.24, 2.45) is 4.99 Å². The van der Waals surface area contributed by atoms with E-state index in [-0.39, 0.29) is 11.6 Å². The van der Waals surface area contributed by atoms with Crippen LogP contribution in [0.4, 0.5) is 11.4 Å². The lowest BCUT2D eigenvalue weighted by molar-refractivity contribution is -0.384. The Balaban J connectivity index is 1.61. The van der Waals surface area contributed by atoms with Crippen LogP contribution >= 0.6 is 23.4 Å². The van der Waals surface area contributed by atoms with Crippen LogP contribution in [0.1, 0.15) is 11.3 Å². The maximum absolute atomic E-state index is 12.4. The van der Waals surface area contributed by atoms with Crippen LogP contribution in [0.25, 0.3) is 17.4 Å². The molecule has 1 saturated heterocycles. The first-order valence-electron chi connectivity index (χ1n) is 9.33. The van der Waals surface area contributed by atoms with Gasteiger partial charge in [0.05, 0.1) is 28.2 Å². The molecule has 0 atom stereocenters. The van der Waals surface area contributed by atoms with Crippen LogP contribution in [0.2, 0.25) is 5.02 Å². The molecule has 1 aliphatic rings. The zero-order valence-electron chi connectivity index (χ0n) is 16.9. The van der Waals surface area contributed by atoms with E-state index in [9.17, 15) is 14.9 Å². The first-order valence-corrected chi connectivity index (χ1v) is 10.5. The molecule has 0 aliphatic carbocycles. The molecule has 8 nitrogen and oxygen atoms in total. The van der Waals surface area contributed by atoms with Gasteiger partial charge in [0.1, 0.15) is 17.3 Å². The predicted molar refractivity (Wildman–Crippen MR) is 124 cm³/mol. The number of amidine groups is 1. The molecule has 1 aromatic heterocycles. The van der Waals surface area contributed by atoms with Gasteiger partial charge >= 0.3 is 0 Å². The second-order valence-electron chi connectivity index (χ2n) is 6.71. The zero-order chi connectivity index (χ0) is 22.8. The van der Waals surface area contributed by atoms with Crippen LogP contribution in [-0.4, -0.2) is 23.1 Å². The number of hydrogen-bond acceptors (Lipinski definition) is 7. The van der Waals surface area contributed by atoms with Crippen LogP contribution in [0.3, 0.4) is 0 Å². The SMILES string of the molecule is COc1ccc([N+](=O)[O-])cc1-c1ccc(/C=C2/SC(=Nc3cccc(Cl)c3C)NC2=O)o1. The predicted octanol–water partition coefficient (Wildman–Crippen LogP) is 5.72. The van der Waals surface area contributed by atoms with Crippen LogP contribution in [0, 0.1) is 17.0 Å². The lowest BCUT2D eigenvalue weighted by atomic mass is 10.1. The third-order valence-corrected chi connectivity index (χ3v) is 5.99. The minimum atomic E-state index is -0.489. The van der Waals surface area contributed by atoms with E-state index in [1.54, 1.807) is 30.3 Å². The third-order valence-electron chi connectivity index (χ3n) is 4.67. The molecule has 32 heavy (non-hydrogen) atoms. The molecule has 3 aromatic rings. The fourth-order valence-corrected chi connectivity index (χ4v) is 4.00. The molecule has 1 amide bonds. The van der Waals surface area contributed by atoms with Gasteiger partial charge in [0.2, 0.25) is 0 Å². The average molecular weight is 470 g/mol. The maximum Gasteiger partial charge on any atom is 0.270 e. The largest absolute Gasteiger partial charge is 0.496 e.